The number of piperidine rings is 1. The van der Waals surface area contributed by atoms with Crippen molar-refractivity contribution in [2.24, 2.45) is 11.8 Å². The van der Waals surface area contributed by atoms with E-state index in [2.05, 4.69) is 53.5 Å². The first-order valence-electron chi connectivity index (χ1n) is 8.37. The van der Waals surface area contributed by atoms with Gasteiger partial charge in [-0.1, -0.05) is 41.8 Å². The van der Waals surface area contributed by atoms with Crippen molar-refractivity contribution < 1.29 is 4.79 Å². The molecule has 2 aliphatic rings. The first-order valence-corrected chi connectivity index (χ1v) is 8.37. The molecule has 3 nitrogen and oxygen atoms in total. The summed E-state index contributed by atoms with van der Waals surface area (Å²) in [6, 6.07) is 10.6. The highest BCUT2D eigenvalue weighted by Crippen LogP contribution is 2.43. The van der Waals surface area contributed by atoms with Gasteiger partial charge in [-0.3, -0.25) is 4.79 Å². The quantitative estimate of drug-likeness (QED) is 0.870. The smallest absolute Gasteiger partial charge is 0.224 e. The van der Waals surface area contributed by atoms with Crippen LogP contribution in [-0.2, 0) is 4.79 Å². The Balaban J connectivity index is 1.91. The Kier molecular flexibility index (Phi) is 4.83. The van der Waals surface area contributed by atoms with E-state index in [1.807, 2.05) is 0 Å². The second-order valence-electron chi connectivity index (χ2n) is 6.56. The molecule has 3 heteroatoms. The molecule has 0 bridgehead atoms. The molecular formula is C20H24N2O. The summed E-state index contributed by atoms with van der Waals surface area (Å²) in [6.45, 7) is 2.35. The van der Waals surface area contributed by atoms with Crippen LogP contribution in [0.2, 0.25) is 0 Å². The van der Waals surface area contributed by atoms with Gasteiger partial charge in [-0.15, -0.1) is 6.42 Å². The molecule has 120 valence electrons. The fourth-order valence-corrected chi connectivity index (χ4v) is 3.99. The van der Waals surface area contributed by atoms with E-state index < -0.39 is 0 Å². The number of amides is 1. The molecule has 1 aromatic rings. The van der Waals surface area contributed by atoms with Crippen LogP contribution in [0, 0.1) is 24.2 Å². The first-order chi connectivity index (χ1) is 11.2. The van der Waals surface area contributed by atoms with Crippen LogP contribution in [0.15, 0.2) is 35.9 Å². The zero-order valence-electron chi connectivity index (χ0n) is 13.7. The fourth-order valence-electron chi connectivity index (χ4n) is 3.99. The molecule has 0 aromatic heterocycles. The van der Waals surface area contributed by atoms with Crippen LogP contribution in [-0.4, -0.2) is 37.5 Å². The minimum Gasteiger partial charge on any atom is -0.345 e. The van der Waals surface area contributed by atoms with E-state index in [1.165, 1.54) is 16.7 Å². The third-order valence-corrected chi connectivity index (χ3v) is 5.12. The number of nitrogens with zero attached hydrogens (tertiary/aromatic N) is 1. The summed E-state index contributed by atoms with van der Waals surface area (Å²) in [4.78, 5) is 14.9. The number of allylic oxidation sites excluding steroid dienone is 1. The largest absolute Gasteiger partial charge is 0.345 e. The van der Waals surface area contributed by atoms with Crippen molar-refractivity contribution in [1.82, 2.24) is 10.2 Å². The van der Waals surface area contributed by atoms with E-state index in [0.29, 0.717) is 12.5 Å². The summed E-state index contributed by atoms with van der Waals surface area (Å²) in [5.41, 5.74) is 4.27. The minimum absolute atomic E-state index is 0.0496. The van der Waals surface area contributed by atoms with Gasteiger partial charge in [0.25, 0.3) is 0 Å². The lowest BCUT2D eigenvalue weighted by molar-refractivity contribution is -0.126. The third kappa shape index (κ3) is 3.33. The molecule has 0 spiro atoms. The van der Waals surface area contributed by atoms with Crippen molar-refractivity contribution in [3.8, 4) is 12.3 Å². The number of likely N-dealkylation sites (tertiary alicyclic amines) is 1. The van der Waals surface area contributed by atoms with Gasteiger partial charge < -0.3 is 10.2 Å². The lowest BCUT2D eigenvalue weighted by atomic mass is 9.70. The molecule has 1 aromatic carbocycles. The van der Waals surface area contributed by atoms with Crippen LogP contribution in [0.4, 0.5) is 0 Å². The van der Waals surface area contributed by atoms with E-state index in [4.69, 9.17) is 6.42 Å². The highest BCUT2D eigenvalue weighted by molar-refractivity contribution is 5.82. The standard InChI is InChI=1S/C20H24N2O/c1-3-12-21-20(23)18-10-9-16(15-7-5-4-6-8-15)17-11-13-22(2)14-19(17)18/h1,4-8,18-19H,9-14H2,2H3,(H,21,23)/t18-,19?/m1/s1. The predicted molar refractivity (Wildman–Crippen MR) is 93.5 cm³/mol. The van der Waals surface area contributed by atoms with Crippen LogP contribution < -0.4 is 5.32 Å². The number of benzene rings is 1. The number of fused-ring (bicyclic) bond motifs is 1. The summed E-state index contributed by atoms with van der Waals surface area (Å²) in [7, 11) is 2.14. The van der Waals surface area contributed by atoms with Crippen molar-refractivity contribution in [3.05, 3.63) is 41.5 Å². The molecule has 23 heavy (non-hydrogen) atoms. The Morgan fingerprint density at radius 2 is 2.13 bits per heavy atom. The minimum atomic E-state index is 0.0496. The number of carbonyl (C=O) groups is 1. The molecular weight excluding hydrogens is 284 g/mol. The normalized spacial score (nSPS) is 24.7. The number of nitrogens with one attached hydrogen (secondary N) is 1. The van der Waals surface area contributed by atoms with Crippen molar-refractivity contribution >= 4 is 11.5 Å². The van der Waals surface area contributed by atoms with Gasteiger partial charge >= 0.3 is 0 Å². The van der Waals surface area contributed by atoms with Crippen molar-refractivity contribution in [2.45, 2.75) is 19.3 Å². The molecule has 1 unspecified atom stereocenters. The van der Waals surface area contributed by atoms with Crippen LogP contribution in [0.1, 0.15) is 24.8 Å². The highest BCUT2D eigenvalue weighted by atomic mass is 16.1. The predicted octanol–water partition coefficient (Wildman–Crippen LogP) is 2.55. The number of hydrogen-bond acceptors (Lipinski definition) is 2. The van der Waals surface area contributed by atoms with E-state index in [9.17, 15) is 4.79 Å². The molecule has 1 N–H and O–H groups in total. The van der Waals surface area contributed by atoms with E-state index in [1.54, 1.807) is 0 Å². The van der Waals surface area contributed by atoms with Gasteiger partial charge in [0.1, 0.15) is 0 Å². The topological polar surface area (TPSA) is 32.3 Å². The fraction of sp³-hybridized carbons (Fsp3) is 0.450. The molecule has 1 fully saturated rings. The zero-order valence-corrected chi connectivity index (χ0v) is 13.7. The molecule has 0 saturated carbocycles. The zero-order chi connectivity index (χ0) is 16.2. The average Bonchev–Trinajstić information content (AvgIpc) is 2.59. The van der Waals surface area contributed by atoms with Gasteiger partial charge in [-0.25, -0.2) is 0 Å². The maximum Gasteiger partial charge on any atom is 0.224 e. The third-order valence-electron chi connectivity index (χ3n) is 5.12. The summed E-state index contributed by atoms with van der Waals surface area (Å²) in [5, 5.41) is 2.89. The molecule has 1 heterocycles. The lowest BCUT2D eigenvalue weighted by Crippen LogP contribution is -2.45. The van der Waals surface area contributed by atoms with Crippen LogP contribution in [0.25, 0.3) is 5.57 Å². The maximum atomic E-state index is 12.5. The average molecular weight is 308 g/mol. The van der Waals surface area contributed by atoms with Crippen LogP contribution in [0.5, 0.6) is 0 Å². The SMILES string of the molecule is C#CCNC(=O)[C@@H]1CCC(c2ccccc2)=C2CCN(C)CC21. The Morgan fingerprint density at radius 1 is 1.35 bits per heavy atom. The Morgan fingerprint density at radius 3 is 2.87 bits per heavy atom. The Hall–Kier alpha value is -2.05. The number of carbonyl (C=O) groups excluding carboxylic acids is 1. The van der Waals surface area contributed by atoms with Crippen molar-refractivity contribution in [2.75, 3.05) is 26.7 Å². The Bertz CT molecular complexity index is 641. The molecule has 2 atom stereocenters. The molecule has 1 aliphatic heterocycles. The second kappa shape index (κ2) is 7.02. The summed E-state index contributed by atoms with van der Waals surface area (Å²) in [5.74, 6) is 2.98. The van der Waals surface area contributed by atoms with Gasteiger partial charge in [0, 0.05) is 24.9 Å². The summed E-state index contributed by atoms with van der Waals surface area (Å²) in [6.07, 6.45) is 8.22. The number of hydrogen-bond donors (Lipinski definition) is 1. The van der Waals surface area contributed by atoms with E-state index in [0.717, 1.165) is 32.4 Å². The van der Waals surface area contributed by atoms with E-state index in [-0.39, 0.29) is 11.8 Å². The Labute approximate surface area is 138 Å². The van der Waals surface area contributed by atoms with Gasteiger partial charge in [-0.05, 0) is 37.4 Å². The second-order valence-corrected chi connectivity index (χ2v) is 6.56. The van der Waals surface area contributed by atoms with Crippen molar-refractivity contribution in [1.29, 1.82) is 0 Å². The lowest BCUT2D eigenvalue weighted by Gasteiger charge is -2.41. The van der Waals surface area contributed by atoms with Crippen LogP contribution in [0.3, 0.4) is 0 Å². The van der Waals surface area contributed by atoms with Gasteiger partial charge in [0.2, 0.25) is 5.91 Å². The van der Waals surface area contributed by atoms with Crippen molar-refractivity contribution in [3.63, 3.8) is 0 Å². The first kappa shape index (κ1) is 15.8. The molecule has 3 rings (SSSR count). The number of terminal acetylenes is 1. The van der Waals surface area contributed by atoms with Crippen LogP contribution >= 0.6 is 0 Å². The highest BCUT2D eigenvalue weighted by Gasteiger charge is 2.38. The number of rotatable bonds is 3. The molecule has 1 saturated heterocycles. The van der Waals surface area contributed by atoms with Gasteiger partial charge in [0.05, 0.1) is 6.54 Å². The molecule has 1 aliphatic carbocycles. The van der Waals surface area contributed by atoms with Gasteiger partial charge in [-0.2, -0.15) is 0 Å². The monoisotopic (exact) mass is 308 g/mol. The van der Waals surface area contributed by atoms with E-state index >= 15 is 0 Å². The van der Waals surface area contributed by atoms with Gasteiger partial charge in [0.15, 0.2) is 0 Å². The summed E-state index contributed by atoms with van der Waals surface area (Å²) < 4.78 is 0. The molecule has 1 amide bonds. The maximum absolute atomic E-state index is 12.5. The molecule has 0 radical (unpaired) electrons. The summed E-state index contributed by atoms with van der Waals surface area (Å²) >= 11 is 0.